The smallest absolute Gasteiger partial charge is 0.189 e. The lowest BCUT2D eigenvalue weighted by molar-refractivity contribution is 0.874. The van der Waals surface area contributed by atoms with Crippen LogP contribution in [0.5, 0.6) is 0 Å². The van der Waals surface area contributed by atoms with Crippen LogP contribution < -0.4 is 11.1 Å². The predicted molar refractivity (Wildman–Crippen MR) is 66.7 cm³/mol. The number of rotatable bonds is 3. The van der Waals surface area contributed by atoms with Crippen molar-refractivity contribution in [1.82, 2.24) is 14.7 Å². The molecular formula is C12H15N5. The van der Waals surface area contributed by atoms with Crippen molar-refractivity contribution in [2.24, 2.45) is 10.7 Å². The van der Waals surface area contributed by atoms with Gasteiger partial charge in [0.25, 0.3) is 0 Å². The number of hydrogen-bond acceptors (Lipinski definition) is 2. The molecular weight excluding hydrogens is 214 g/mol. The predicted octanol–water partition coefficient (Wildman–Crippen LogP) is 0.901. The molecule has 0 bridgehead atoms. The molecule has 0 saturated heterocycles. The van der Waals surface area contributed by atoms with Crippen molar-refractivity contribution >= 4 is 11.6 Å². The Morgan fingerprint density at radius 3 is 3.18 bits per heavy atom. The molecule has 0 unspecified atom stereocenters. The molecule has 2 aromatic rings. The fourth-order valence-electron chi connectivity index (χ4n) is 1.71. The average molecular weight is 229 g/mol. The summed E-state index contributed by atoms with van der Waals surface area (Å²) in [4.78, 5) is 8.73. The summed E-state index contributed by atoms with van der Waals surface area (Å²) in [6.07, 6.45) is 6.35. The molecule has 1 aliphatic carbocycles. The third-order valence-corrected chi connectivity index (χ3v) is 2.75. The minimum Gasteiger partial charge on any atom is -0.370 e. The van der Waals surface area contributed by atoms with Crippen molar-refractivity contribution < 1.29 is 0 Å². The van der Waals surface area contributed by atoms with Gasteiger partial charge in [0.05, 0.1) is 12.2 Å². The lowest BCUT2D eigenvalue weighted by Crippen LogP contribution is -2.33. The molecule has 1 aliphatic rings. The number of nitrogens with one attached hydrogen (secondary N) is 1. The Hall–Kier alpha value is -2.04. The minimum absolute atomic E-state index is 0.518. The molecule has 0 aromatic carbocycles. The molecule has 5 nitrogen and oxygen atoms in total. The van der Waals surface area contributed by atoms with Crippen LogP contribution in [0.2, 0.25) is 0 Å². The van der Waals surface area contributed by atoms with Gasteiger partial charge >= 0.3 is 0 Å². The van der Waals surface area contributed by atoms with E-state index in [1.165, 1.54) is 12.8 Å². The lowest BCUT2D eigenvalue weighted by Gasteiger charge is -2.01. The van der Waals surface area contributed by atoms with Crippen molar-refractivity contribution in [2.75, 3.05) is 0 Å². The number of nitrogens with two attached hydrogens (primary N) is 1. The maximum absolute atomic E-state index is 5.76. The standard InChI is InChI=1S/C12H15N5/c13-12(16-9-4-5-9)14-7-10-8-17-6-2-1-3-11(17)15-10/h1-3,6,8-9H,4-5,7H2,(H3,13,14,16). The molecule has 0 amide bonds. The number of aliphatic imine (C=N–C) groups is 1. The molecule has 0 atom stereocenters. The number of aromatic nitrogens is 2. The monoisotopic (exact) mass is 229 g/mol. The Morgan fingerprint density at radius 1 is 1.53 bits per heavy atom. The number of guanidine groups is 1. The van der Waals surface area contributed by atoms with E-state index in [9.17, 15) is 0 Å². The first-order valence-electron chi connectivity index (χ1n) is 5.80. The van der Waals surface area contributed by atoms with E-state index in [4.69, 9.17) is 5.73 Å². The highest BCUT2D eigenvalue weighted by atomic mass is 15.1. The Labute approximate surface area is 99.4 Å². The van der Waals surface area contributed by atoms with Crippen molar-refractivity contribution in [2.45, 2.75) is 25.4 Å². The molecule has 3 rings (SSSR count). The molecule has 88 valence electrons. The summed E-state index contributed by atoms with van der Waals surface area (Å²) >= 11 is 0. The highest BCUT2D eigenvalue weighted by Gasteiger charge is 2.21. The largest absolute Gasteiger partial charge is 0.370 e. The SMILES string of the molecule is NC(=NCc1cn2ccccc2n1)NC1CC1. The first-order valence-corrected chi connectivity index (χ1v) is 5.80. The Balaban J connectivity index is 1.71. The summed E-state index contributed by atoms with van der Waals surface area (Å²) in [6.45, 7) is 0.521. The molecule has 0 aliphatic heterocycles. The second kappa shape index (κ2) is 4.08. The molecule has 1 fully saturated rings. The zero-order chi connectivity index (χ0) is 11.7. The third kappa shape index (κ3) is 2.38. The molecule has 2 heterocycles. The van der Waals surface area contributed by atoms with E-state index >= 15 is 0 Å². The van der Waals surface area contributed by atoms with Gasteiger partial charge in [-0.2, -0.15) is 0 Å². The van der Waals surface area contributed by atoms with Gasteiger partial charge < -0.3 is 15.5 Å². The zero-order valence-corrected chi connectivity index (χ0v) is 9.50. The lowest BCUT2D eigenvalue weighted by atomic mass is 10.5. The van der Waals surface area contributed by atoms with E-state index in [0.29, 0.717) is 18.5 Å². The molecule has 3 N–H and O–H groups in total. The molecule has 1 saturated carbocycles. The molecule has 0 spiro atoms. The summed E-state index contributed by atoms with van der Waals surface area (Å²) in [5.74, 6) is 0.518. The van der Waals surface area contributed by atoms with Crippen LogP contribution in [-0.2, 0) is 6.54 Å². The van der Waals surface area contributed by atoms with Crippen molar-refractivity contribution in [3.05, 3.63) is 36.3 Å². The van der Waals surface area contributed by atoms with Crippen molar-refractivity contribution in [1.29, 1.82) is 0 Å². The summed E-state index contributed by atoms with van der Waals surface area (Å²) in [5, 5.41) is 3.15. The van der Waals surface area contributed by atoms with E-state index in [1.807, 2.05) is 35.0 Å². The number of fused-ring (bicyclic) bond motifs is 1. The molecule has 0 radical (unpaired) electrons. The topological polar surface area (TPSA) is 67.7 Å². The number of imidazole rings is 1. The van der Waals surface area contributed by atoms with Gasteiger partial charge in [0.15, 0.2) is 5.96 Å². The highest BCUT2D eigenvalue weighted by molar-refractivity contribution is 5.78. The summed E-state index contributed by atoms with van der Waals surface area (Å²) in [6, 6.07) is 6.46. The minimum atomic E-state index is 0.518. The van der Waals surface area contributed by atoms with Crippen LogP contribution in [0.1, 0.15) is 18.5 Å². The Kier molecular flexibility index (Phi) is 2.44. The Morgan fingerprint density at radius 2 is 2.41 bits per heavy atom. The highest BCUT2D eigenvalue weighted by Crippen LogP contribution is 2.18. The summed E-state index contributed by atoms with van der Waals surface area (Å²) in [7, 11) is 0. The van der Waals surface area contributed by atoms with Crippen LogP contribution in [0, 0.1) is 0 Å². The first-order chi connectivity index (χ1) is 8.31. The zero-order valence-electron chi connectivity index (χ0n) is 9.50. The van der Waals surface area contributed by atoms with Crippen LogP contribution >= 0.6 is 0 Å². The fourth-order valence-corrected chi connectivity index (χ4v) is 1.71. The van der Waals surface area contributed by atoms with Crippen molar-refractivity contribution in [3.63, 3.8) is 0 Å². The van der Waals surface area contributed by atoms with E-state index in [2.05, 4.69) is 15.3 Å². The summed E-state index contributed by atoms with van der Waals surface area (Å²) in [5.41, 5.74) is 7.63. The van der Waals surface area contributed by atoms with Crippen LogP contribution in [0.4, 0.5) is 0 Å². The maximum atomic E-state index is 5.76. The van der Waals surface area contributed by atoms with Gasteiger partial charge in [-0.25, -0.2) is 9.98 Å². The van der Waals surface area contributed by atoms with Crippen LogP contribution in [0.15, 0.2) is 35.6 Å². The van der Waals surface area contributed by atoms with Gasteiger partial charge in [-0.3, -0.25) is 0 Å². The first kappa shape index (κ1) is 10.1. The normalized spacial score (nSPS) is 16.4. The van der Waals surface area contributed by atoms with Gasteiger partial charge in [-0.05, 0) is 25.0 Å². The van der Waals surface area contributed by atoms with Gasteiger partial charge in [-0.15, -0.1) is 0 Å². The van der Waals surface area contributed by atoms with E-state index in [0.717, 1.165) is 11.3 Å². The van der Waals surface area contributed by atoms with Gasteiger partial charge in [-0.1, -0.05) is 6.07 Å². The van der Waals surface area contributed by atoms with Crippen LogP contribution in [-0.4, -0.2) is 21.4 Å². The molecule has 5 heteroatoms. The number of pyridine rings is 1. The van der Waals surface area contributed by atoms with Gasteiger partial charge in [0, 0.05) is 18.4 Å². The van der Waals surface area contributed by atoms with Crippen molar-refractivity contribution in [3.8, 4) is 0 Å². The third-order valence-electron chi connectivity index (χ3n) is 2.75. The quantitative estimate of drug-likeness (QED) is 0.607. The van der Waals surface area contributed by atoms with Crippen LogP contribution in [0.25, 0.3) is 5.65 Å². The second-order valence-electron chi connectivity index (χ2n) is 4.32. The van der Waals surface area contributed by atoms with Crippen LogP contribution in [0.3, 0.4) is 0 Å². The van der Waals surface area contributed by atoms with E-state index in [1.54, 1.807) is 0 Å². The summed E-state index contributed by atoms with van der Waals surface area (Å²) < 4.78 is 1.98. The van der Waals surface area contributed by atoms with Gasteiger partial charge in [0.1, 0.15) is 5.65 Å². The van der Waals surface area contributed by atoms with Gasteiger partial charge in [0.2, 0.25) is 0 Å². The fraction of sp³-hybridized carbons (Fsp3) is 0.333. The number of hydrogen-bond donors (Lipinski definition) is 2. The van der Waals surface area contributed by atoms with E-state index in [-0.39, 0.29) is 0 Å². The number of nitrogens with zero attached hydrogens (tertiary/aromatic N) is 3. The van der Waals surface area contributed by atoms with E-state index < -0.39 is 0 Å². The molecule has 2 aromatic heterocycles. The molecule has 17 heavy (non-hydrogen) atoms. The maximum Gasteiger partial charge on any atom is 0.189 e. The second-order valence-corrected chi connectivity index (χ2v) is 4.32. The Bertz CT molecular complexity index is 520. The average Bonchev–Trinajstić information content (AvgIpc) is 3.03.